The highest BCUT2D eigenvalue weighted by Crippen LogP contribution is 2.16. The summed E-state index contributed by atoms with van der Waals surface area (Å²) in [5.74, 6) is 0.698. The van der Waals surface area contributed by atoms with Crippen LogP contribution in [0.2, 0.25) is 0 Å². The first kappa shape index (κ1) is 27.2. The summed E-state index contributed by atoms with van der Waals surface area (Å²) in [5.41, 5.74) is -0.920. The zero-order valence-electron chi connectivity index (χ0n) is 18.6. The summed E-state index contributed by atoms with van der Waals surface area (Å²) in [5, 5.41) is 9.69. The molecule has 0 radical (unpaired) electrons. The number of likely N-dealkylation sites (N-methyl/N-ethyl adjacent to an activating group) is 1. The Bertz CT molecular complexity index is 492. The van der Waals surface area contributed by atoms with Gasteiger partial charge in [-0.1, -0.05) is 13.8 Å². The molecule has 28 heavy (non-hydrogen) atoms. The van der Waals surface area contributed by atoms with Crippen LogP contribution in [0.4, 0.5) is 4.79 Å². The summed E-state index contributed by atoms with van der Waals surface area (Å²) >= 11 is 0. The van der Waals surface area contributed by atoms with E-state index in [1.54, 1.807) is 7.05 Å². The van der Waals surface area contributed by atoms with Crippen LogP contribution in [0.25, 0.3) is 0 Å². The summed E-state index contributed by atoms with van der Waals surface area (Å²) in [6, 6.07) is 0. The molecule has 1 unspecified atom stereocenters. The van der Waals surface area contributed by atoms with Crippen LogP contribution in [0.3, 0.4) is 0 Å². The van der Waals surface area contributed by atoms with Crippen molar-refractivity contribution in [1.29, 1.82) is 0 Å². The average Bonchev–Trinajstić information content (AvgIpc) is 2.59. The number of halogens is 1. The van der Waals surface area contributed by atoms with Gasteiger partial charge in [0.2, 0.25) is 0 Å². The molecule has 1 heterocycles. The van der Waals surface area contributed by atoms with Gasteiger partial charge in [0.05, 0.1) is 18.2 Å². The van der Waals surface area contributed by atoms with Gasteiger partial charge >= 0.3 is 6.09 Å². The maximum Gasteiger partial charge on any atom is 0.408 e. The van der Waals surface area contributed by atoms with Crippen LogP contribution in [0, 0.1) is 0 Å². The van der Waals surface area contributed by atoms with Crippen molar-refractivity contribution in [3.8, 4) is 0 Å². The summed E-state index contributed by atoms with van der Waals surface area (Å²) in [6.07, 6.45) is 1.31. The molecule has 3 N–H and O–H groups in total. The number of amides is 1. The molecule has 0 bridgehead atoms. The molecule has 1 rings (SSSR count). The van der Waals surface area contributed by atoms with Crippen molar-refractivity contribution in [3.63, 3.8) is 0 Å². The largest absolute Gasteiger partial charge is 0.444 e. The van der Waals surface area contributed by atoms with E-state index in [1.165, 1.54) is 0 Å². The Morgan fingerprint density at radius 3 is 2.39 bits per heavy atom. The van der Waals surface area contributed by atoms with Gasteiger partial charge in [-0.05, 0) is 40.7 Å². The number of ether oxygens (including phenoxy) is 2. The normalized spacial score (nSPS) is 18.8. The number of hydrogen-bond donors (Lipinski definition) is 3. The van der Waals surface area contributed by atoms with E-state index < -0.39 is 17.2 Å². The third-order valence-electron chi connectivity index (χ3n) is 4.78. The van der Waals surface area contributed by atoms with E-state index >= 15 is 0 Å². The van der Waals surface area contributed by atoms with Crippen LogP contribution < -0.4 is 16.0 Å². The van der Waals surface area contributed by atoms with Crippen LogP contribution in [0.15, 0.2) is 4.99 Å². The van der Waals surface area contributed by atoms with Crippen LogP contribution in [-0.2, 0) is 9.47 Å². The number of alkyl carbamates (subject to hydrolysis) is 1. The summed E-state index contributed by atoms with van der Waals surface area (Å²) < 4.78 is 11.2. The first-order valence-electron chi connectivity index (χ1n) is 9.89. The molecule has 0 saturated carbocycles. The molecule has 1 aliphatic rings. The van der Waals surface area contributed by atoms with Crippen molar-refractivity contribution >= 4 is 36.0 Å². The molecule has 166 valence electrons. The number of carbonyl (C=O) groups excluding carboxylic acids is 1. The summed E-state index contributed by atoms with van der Waals surface area (Å²) in [6.45, 7) is 13.6. The lowest BCUT2D eigenvalue weighted by Crippen LogP contribution is -2.57. The van der Waals surface area contributed by atoms with Crippen LogP contribution >= 0.6 is 24.0 Å². The van der Waals surface area contributed by atoms with Gasteiger partial charge in [0.25, 0.3) is 0 Å². The van der Waals surface area contributed by atoms with Crippen molar-refractivity contribution in [2.75, 3.05) is 46.9 Å². The zero-order chi connectivity index (χ0) is 20.5. The van der Waals surface area contributed by atoms with Crippen molar-refractivity contribution in [1.82, 2.24) is 20.9 Å². The lowest BCUT2D eigenvalue weighted by atomic mass is 9.93. The number of rotatable bonds is 7. The number of nitrogens with one attached hydrogen (secondary N) is 3. The monoisotopic (exact) mass is 513 g/mol. The number of guanidine groups is 1. The average molecular weight is 513 g/mol. The van der Waals surface area contributed by atoms with E-state index in [0.29, 0.717) is 19.0 Å². The maximum absolute atomic E-state index is 12.2. The number of carbonyl (C=O) groups is 1. The van der Waals surface area contributed by atoms with Crippen molar-refractivity contribution in [3.05, 3.63) is 0 Å². The van der Waals surface area contributed by atoms with E-state index in [4.69, 9.17) is 9.47 Å². The molecule has 1 saturated heterocycles. The van der Waals surface area contributed by atoms with Gasteiger partial charge in [0, 0.05) is 33.2 Å². The minimum absolute atomic E-state index is 0. The number of hydrogen-bond acceptors (Lipinski definition) is 5. The molecular formula is C19H40IN5O3. The van der Waals surface area contributed by atoms with Crippen LogP contribution in [0.1, 0.15) is 47.5 Å². The predicted molar refractivity (Wildman–Crippen MR) is 125 cm³/mol. The highest BCUT2D eigenvalue weighted by Gasteiger charge is 2.30. The number of aliphatic imine (C=N–C) groups is 1. The minimum atomic E-state index is -0.518. The number of nitrogens with zero attached hydrogens (tertiary/aromatic N) is 2. The molecule has 0 spiro atoms. The van der Waals surface area contributed by atoms with Gasteiger partial charge in [-0.2, -0.15) is 0 Å². The Hall–Kier alpha value is -0.810. The second-order valence-electron chi connectivity index (χ2n) is 8.18. The van der Waals surface area contributed by atoms with Gasteiger partial charge in [0.1, 0.15) is 5.60 Å². The first-order valence-corrected chi connectivity index (χ1v) is 9.89. The third-order valence-corrected chi connectivity index (χ3v) is 4.78. The van der Waals surface area contributed by atoms with E-state index in [-0.39, 0.29) is 30.1 Å². The molecule has 1 atom stereocenters. The van der Waals surface area contributed by atoms with E-state index in [1.807, 2.05) is 20.8 Å². The standard InChI is InChI=1S/C19H39N5O3.HI/c1-8-19(9-2,23-17(25)27-18(3,4)5)14-22-16(20-6)21-12-15-13-24(7)10-11-26-15;/h15H,8-14H2,1-7H3,(H,23,25)(H2,20,21,22);1H. The molecule has 8 nitrogen and oxygen atoms in total. The molecule has 1 aliphatic heterocycles. The molecule has 9 heteroatoms. The Morgan fingerprint density at radius 2 is 1.89 bits per heavy atom. The smallest absolute Gasteiger partial charge is 0.408 e. The third kappa shape index (κ3) is 10.1. The van der Waals surface area contributed by atoms with E-state index in [9.17, 15) is 4.79 Å². The SMILES string of the molecule is CCC(CC)(CNC(=NC)NCC1CN(C)CCO1)NC(=O)OC(C)(C)C.I. The zero-order valence-corrected chi connectivity index (χ0v) is 20.9. The second-order valence-corrected chi connectivity index (χ2v) is 8.18. The molecule has 1 amide bonds. The Labute approximate surface area is 187 Å². The highest BCUT2D eigenvalue weighted by molar-refractivity contribution is 14.0. The summed E-state index contributed by atoms with van der Waals surface area (Å²) in [7, 11) is 3.84. The molecule has 0 aliphatic carbocycles. The quantitative estimate of drug-likeness (QED) is 0.275. The Balaban J connectivity index is 0.00000729. The molecule has 0 aromatic carbocycles. The van der Waals surface area contributed by atoms with Crippen molar-refractivity contribution in [2.24, 2.45) is 4.99 Å². The molecule has 0 aromatic rings. The van der Waals surface area contributed by atoms with Crippen molar-refractivity contribution < 1.29 is 14.3 Å². The fourth-order valence-corrected chi connectivity index (χ4v) is 2.92. The first-order chi connectivity index (χ1) is 12.6. The Morgan fingerprint density at radius 1 is 1.25 bits per heavy atom. The topological polar surface area (TPSA) is 87.2 Å². The second kappa shape index (κ2) is 12.7. The molecular weight excluding hydrogens is 473 g/mol. The van der Waals surface area contributed by atoms with Gasteiger partial charge in [-0.25, -0.2) is 4.79 Å². The van der Waals surface area contributed by atoms with Gasteiger partial charge < -0.3 is 30.3 Å². The predicted octanol–water partition coefficient (Wildman–Crippen LogP) is 2.18. The summed E-state index contributed by atoms with van der Waals surface area (Å²) in [4.78, 5) is 18.8. The van der Waals surface area contributed by atoms with Crippen molar-refractivity contribution in [2.45, 2.75) is 64.7 Å². The lowest BCUT2D eigenvalue weighted by molar-refractivity contribution is -0.0161. The fraction of sp³-hybridized carbons (Fsp3) is 0.895. The van der Waals surface area contributed by atoms with Gasteiger partial charge in [-0.15, -0.1) is 24.0 Å². The molecule has 0 aromatic heterocycles. The van der Waals surface area contributed by atoms with E-state index in [0.717, 1.165) is 32.5 Å². The van der Waals surface area contributed by atoms with Gasteiger partial charge in [0.15, 0.2) is 5.96 Å². The highest BCUT2D eigenvalue weighted by atomic mass is 127. The fourth-order valence-electron chi connectivity index (χ4n) is 2.92. The number of morpholine rings is 1. The lowest BCUT2D eigenvalue weighted by Gasteiger charge is -2.35. The Kier molecular flexibility index (Phi) is 12.3. The van der Waals surface area contributed by atoms with Gasteiger partial charge in [-0.3, -0.25) is 4.99 Å². The molecule has 1 fully saturated rings. The van der Waals surface area contributed by atoms with Crippen LogP contribution in [-0.4, -0.2) is 81.1 Å². The van der Waals surface area contributed by atoms with Crippen LogP contribution in [0.5, 0.6) is 0 Å². The van der Waals surface area contributed by atoms with E-state index in [2.05, 4.69) is 46.7 Å². The minimum Gasteiger partial charge on any atom is -0.444 e. The maximum atomic E-state index is 12.2.